The van der Waals surface area contributed by atoms with Crippen LogP contribution in [-0.4, -0.2) is 33.6 Å². The number of nitrogens with one attached hydrogen (secondary N) is 2. The number of rotatable bonds is 8. The minimum absolute atomic E-state index is 0.0602. The fourth-order valence-electron chi connectivity index (χ4n) is 5.61. The number of hydrogen-bond acceptors (Lipinski definition) is 4. The first-order valence-electron chi connectivity index (χ1n) is 11.6. The van der Waals surface area contributed by atoms with Crippen LogP contribution in [0.5, 0.6) is 0 Å². The molecule has 3 aromatic rings. The topological polar surface area (TPSA) is 100 Å². The molecule has 33 heavy (non-hydrogen) atoms. The molecule has 7 nitrogen and oxygen atoms in total. The molecule has 3 heterocycles. The summed E-state index contributed by atoms with van der Waals surface area (Å²) in [6, 6.07) is 3.50. The molecule has 0 aliphatic carbocycles. The lowest BCUT2D eigenvalue weighted by Crippen LogP contribution is -2.51. The van der Waals surface area contributed by atoms with Crippen LogP contribution in [-0.2, 0) is 0 Å². The van der Waals surface area contributed by atoms with Gasteiger partial charge in [0.25, 0.3) is 5.56 Å². The maximum atomic E-state index is 12.8. The molecule has 0 radical (unpaired) electrons. The van der Waals surface area contributed by atoms with E-state index in [0.717, 1.165) is 10.4 Å². The summed E-state index contributed by atoms with van der Waals surface area (Å²) in [5, 5.41) is 11.7. The van der Waals surface area contributed by atoms with Gasteiger partial charge in [0.05, 0.1) is 11.6 Å². The van der Waals surface area contributed by atoms with Gasteiger partial charge < -0.3 is 19.6 Å². The van der Waals surface area contributed by atoms with Gasteiger partial charge in [-0.05, 0) is 40.9 Å². The van der Waals surface area contributed by atoms with Gasteiger partial charge >= 0.3 is 6.09 Å². The van der Waals surface area contributed by atoms with E-state index < -0.39 is 20.4 Å². The third-order valence-electron chi connectivity index (χ3n) is 6.84. The molecule has 1 unspecified atom stereocenters. The van der Waals surface area contributed by atoms with Crippen LogP contribution in [0.3, 0.4) is 0 Å². The van der Waals surface area contributed by atoms with Gasteiger partial charge in [-0.1, -0.05) is 55.4 Å². The molecule has 0 bridgehead atoms. The van der Waals surface area contributed by atoms with Crippen LogP contribution in [0.2, 0.25) is 16.6 Å². The van der Waals surface area contributed by atoms with E-state index in [0.29, 0.717) is 32.7 Å². The van der Waals surface area contributed by atoms with E-state index in [1.807, 2.05) is 19.9 Å². The molecule has 3 rings (SSSR count). The number of thiophene rings is 1. The third kappa shape index (κ3) is 4.53. The van der Waals surface area contributed by atoms with Crippen LogP contribution in [0.15, 0.2) is 29.3 Å². The summed E-state index contributed by atoms with van der Waals surface area (Å²) in [6.45, 7) is 17.8. The predicted molar refractivity (Wildman–Crippen MR) is 139 cm³/mol. The number of amides is 1. The lowest BCUT2D eigenvalue weighted by Gasteiger charge is -2.44. The highest BCUT2D eigenvalue weighted by Crippen LogP contribution is 2.43. The zero-order valence-electron chi connectivity index (χ0n) is 20.8. The number of H-pyrrole nitrogens is 1. The molecule has 0 aliphatic rings. The quantitative estimate of drug-likeness (QED) is 0.318. The molecule has 9 heteroatoms. The van der Waals surface area contributed by atoms with Crippen LogP contribution < -0.4 is 10.9 Å². The van der Waals surface area contributed by atoms with Crippen molar-refractivity contribution in [3.63, 3.8) is 0 Å². The Morgan fingerprint density at radius 1 is 1.12 bits per heavy atom. The molecule has 1 amide bonds. The van der Waals surface area contributed by atoms with E-state index in [1.54, 1.807) is 0 Å². The number of carboxylic acid groups (broad SMARTS) is 1. The maximum Gasteiger partial charge on any atom is 0.405 e. The second-order valence-electron chi connectivity index (χ2n) is 10.1. The molecule has 3 aromatic heterocycles. The fraction of sp³-hybridized carbons (Fsp3) is 0.542. The van der Waals surface area contributed by atoms with E-state index in [9.17, 15) is 14.7 Å². The van der Waals surface area contributed by atoms with Gasteiger partial charge in [0.2, 0.25) is 0 Å². The van der Waals surface area contributed by atoms with Crippen LogP contribution in [0, 0.1) is 5.92 Å². The summed E-state index contributed by atoms with van der Waals surface area (Å²) in [5.74, 6) is 0.285. The van der Waals surface area contributed by atoms with Crippen molar-refractivity contribution in [3.8, 4) is 10.4 Å². The molecule has 1 atom stereocenters. The minimum Gasteiger partial charge on any atom is -0.465 e. The van der Waals surface area contributed by atoms with E-state index >= 15 is 0 Å². The summed E-state index contributed by atoms with van der Waals surface area (Å²) in [5.41, 5.74) is 3.20. The first-order chi connectivity index (χ1) is 15.4. The summed E-state index contributed by atoms with van der Waals surface area (Å²) in [4.78, 5) is 32.5. The molecular weight excluding hydrogens is 452 g/mol. The van der Waals surface area contributed by atoms with Crippen LogP contribution in [0.1, 0.15) is 67.3 Å². The van der Waals surface area contributed by atoms with Gasteiger partial charge in [-0.25, -0.2) is 9.78 Å². The van der Waals surface area contributed by atoms with Gasteiger partial charge in [0, 0.05) is 16.6 Å². The summed E-state index contributed by atoms with van der Waals surface area (Å²) in [7, 11) is -1.84. The lowest BCUT2D eigenvalue weighted by molar-refractivity contribution is 0.185. The summed E-state index contributed by atoms with van der Waals surface area (Å²) >= 11 is 1.43. The molecule has 0 fully saturated rings. The average molecular weight is 489 g/mol. The largest absolute Gasteiger partial charge is 0.465 e. The number of carbonyl (C=O) groups is 1. The molecule has 0 aliphatic heterocycles. The van der Waals surface area contributed by atoms with Gasteiger partial charge in [-0.3, -0.25) is 4.79 Å². The van der Waals surface area contributed by atoms with Crippen LogP contribution >= 0.6 is 11.3 Å². The molecule has 0 saturated heterocycles. The smallest absolute Gasteiger partial charge is 0.405 e. The number of aromatic amines is 1. The van der Waals surface area contributed by atoms with E-state index in [1.165, 1.54) is 11.3 Å². The Kier molecular flexibility index (Phi) is 7.23. The number of hydrogen-bond donors (Lipinski definition) is 3. The lowest BCUT2D eigenvalue weighted by atomic mass is 10.0. The maximum absolute atomic E-state index is 12.8. The van der Waals surface area contributed by atoms with Gasteiger partial charge in [0.1, 0.15) is 10.5 Å². The SMILES string of the molecule is CC(C)C(NC(=O)O)c1nc2cc(-c3ccn([Si](C(C)C)(C(C)C)C(C)C)c3)sc2c(=O)[nH]1. The Morgan fingerprint density at radius 3 is 2.24 bits per heavy atom. The van der Waals surface area contributed by atoms with Gasteiger partial charge in [0.15, 0.2) is 8.24 Å². The number of nitrogens with zero attached hydrogens (tertiary/aromatic N) is 2. The predicted octanol–water partition coefficient (Wildman–Crippen LogP) is 6.44. The molecule has 0 aromatic carbocycles. The third-order valence-corrected chi connectivity index (χ3v) is 14.7. The zero-order chi connectivity index (χ0) is 24.7. The van der Waals surface area contributed by atoms with Crippen molar-refractivity contribution in [2.24, 2.45) is 5.92 Å². The minimum atomic E-state index is -1.84. The average Bonchev–Trinajstić information content (AvgIpc) is 3.32. The van der Waals surface area contributed by atoms with E-state index in [2.05, 4.69) is 79.5 Å². The number of aromatic nitrogens is 3. The van der Waals surface area contributed by atoms with Gasteiger partial charge in [-0.15, -0.1) is 11.3 Å². The van der Waals surface area contributed by atoms with Crippen molar-refractivity contribution >= 4 is 35.9 Å². The Hall–Kier alpha value is -2.39. The van der Waals surface area contributed by atoms with Crippen LogP contribution in [0.25, 0.3) is 20.7 Å². The zero-order valence-corrected chi connectivity index (χ0v) is 22.6. The van der Waals surface area contributed by atoms with Crippen molar-refractivity contribution in [1.29, 1.82) is 0 Å². The normalized spacial score (nSPS) is 13.6. The standard InChI is InChI=1S/C24H36N4O3SSi/c1-13(2)20(26-24(30)31)22-25-18-11-19(32-21(18)23(29)27-22)17-9-10-28(12-17)33(14(3)4,15(5)6)16(7)8/h9-16,20,26H,1-8H3,(H,30,31)(H,25,27,29). The Bertz CT molecular complexity index is 1170. The van der Waals surface area contributed by atoms with Crippen molar-refractivity contribution in [1.82, 2.24) is 19.5 Å². The molecular formula is C24H36N4O3SSi. The second-order valence-corrected chi connectivity index (χ2v) is 16.9. The highest BCUT2D eigenvalue weighted by molar-refractivity contribution is 7.22. The van der Waals surface area contributed by atoms with Crippen LogP contribution in [0.4, 0.5) is 4.79 Å². The van der Waals surface area contributed by atoms with Crippen molar-refractivity contribution in [2.75, 3.05) is 0 Å². The number of fused-ring (bicyclic) bond motifs is 1. The van der Waals surface area contributed by atoms with Gasteiger partial charge in [-0.2, -0.15) is 0 Å². The highest BCUT2D eigenvalue weighted by atomic mass is 32.1. The van der Waals surface area contributed by atoms with E-state index in [4.69, 9.17) is 0 Å². The Balaban J connectivity index is 2.08. The fourth-order valence-corrected chi connectivity index (χ4v) is 13.1. The monoisotopic (exact) mass is 488 g/mol. The van der Waals surface area contributed by atoms with Crippen molar-refractivity contribution in [3.05, 3.63) is 40.7 Å². The first-order valence-corrected chi connectivity index (χ1v) is 14.6. The second kappa shape index (κ2) is 9.46. The Morgan fingerprint density at radius 2 is 1.73 bits per heavy atom. The molecule has 3 N–H and O–H groups in total. The first kappa shape index (κ1) is 25.2. The molecule has 0 saturated carbocycles. The highest BCUT2D eigenvalue weighted by Gasteiger charge is 2.45. The molecule has 180 valence electrons. The van der Waals surface area contributed by atoms with Crippen molar-refractivity contribution in [2.45, 2.75) is 78.1 Å². The molecule has 0 spiro atoms. The van der Waals surface area contributed by atoms with E-state index in [-0.39, 0.29) is 11.5 Å². The summed E-state index contributed by atoms with van der Waals surface area (Å²) < 4.78 is 3.04. The van der Waals surface area contributed by atoms with Crippen molar-refractivity contribution < 1.29 is 9.90 Å². The summed E-state index contributed by atoms with van der Waals surface area (Å²) in [6.07, 6.45) is 3.31. The Labute approximate surface area is 200 Å².